The lowest BCUT2D eigenvalue weighted by molar-refractivity contribution is -0.00181. The summed E-state index contributed by atoms with van der Waals surface area (Å²) < 4.78 is 14.0. The Labute approximate surface area is 193 Å². The summed E-state index contributed by atoms with van der Waals surface area (Å²) in [5.74, 6) is 1.25. The molecule has 33 heavy (non-hydrogen) atoms. The van der Waals surface area contributed by atoms with E-state index in [2.05, 4.69) is 11.2 Å². The van der Waals surface area contributed by atoms with Crippen LogP contribution in [0.4, 0.5) is 0 Å². The molecule has 2 aliphatic heterocycles. The first-order valence-electron chi connectivity index (χ1n) is 11.2. The van der Waals surface area contributed by atoms with E-state index in [0.29, 0.717) is 42.8 Å². The summed E-state index contributed by atoms with van der Waals surface area (Å²) in [5, 5.41) is 14.8. The Bertz CT molecular complexity index is 1220. The zero-order valence-corrected chi connectivity index (χ0v) is 19.5. The highest BCUT2D eigenvalue weighted by Gasteiger charge is 2.46. The molecule has 1 aromatic heterocycles. The fourth-order valence-corrected chi connectivity index (χ4v) is 4.97. The van der Waals surface area contributed by atoms with E-state index < -0.39 is 11.2 Å². The molecule has 7 nitrogen and oxygen atoms in total. The summed E-state index contributed by atoms with van der Waals surface area (Å²) >= 11 is 0. The molecule has 2 aliphatic rings. The summed E-state index contributed by atoms with van der Waals surface area (Å²) in [5.41, 5.74) is 2.91. The number of piperidine rings is 1. The van der Waals surface area contributed by atoms with Crippen LogP contribution in [0.3, 0.4) is 0 Å². The van der Waals surface area contributed by atoms with Crippen molar-refractivity contribution < 1.29 is 19.4 Å². The number of carbonyl (C=O) groups is 1. The molecule has 5 rings (SSSR count). The average Bonchev–Trinajstić information content (AvgIpc) is 3.21. The number of hydrogen-bond donors (Lipinski definition) is 1. The number of methoxy groups -OCH3 is 1. The van der Waals surface area contributed by atoms with E-state index >= 15 is 0 Å². The third kappa shape index (κ3) is 3.47. The monoisotopic (exact) mass is 447 g/mol. The number of likely N-dealkylation sites (tertiary alicyclic amines) is 1. The van der Waals surface area contributed by atoms with Gasteiger partial charge in [-0.15, -0.1) is 0 Å². The Hall–Kier alpha value is -3.32. The highest BCUT2D eigenvalue weighted by atomic mass is 16.5. The molecule has 0 bridgehead atoms. The molecule has 0 aliphatic carbocycles. The maximum atomic E-state index is 13.4. The number of amides is 1. The van der Waals surface area contributed by atoms with Crippen LogP contribution in [0.25, 0.3) is 11.3 Å². The number of ether oxygens (including phenoxy) is 2. The van der Waals surface area contributed by atoms with Crippen molar-refractivity contribution in [1.29, 1.82) is 0 Å². The van der Waals surface area contributed by atoms with Crippen molar-refractivity contribution in [2.75, 3.05) is 20.2 Å². The summed E-state index contributed by atoms with van der Waals surface area (Å²) in [6, 6.07) is 13.3. The van der Waals surface area contributed by atoms with Gasteiger partial charge in [-0.2, -0.15) is 5.10 Å². The number of fused-ring (bicyclic) bond motifs is 4. The Morgan fingerprint density at radius 1 is 1.18 bits per heavy atom. The zero-order valence-electron chi connectivity index (χ0n) is 19.5. The third-order valence-corrected chi connectivity index (χ3v) is 6.87. The minimum Gasteiger partial charge on any atom is -0.496 e. The van der Waals surface area contributed by atoms with Crippen LogP contribution in [0.5, 0.6) is 11.5 Å². The molecule has 172 valence electrons. The number of aliphatic hydroxyl groups is 1. The normalized spacial score (nSPS) is 16.7. The van der Waals surface area contributed by atoms with E-state index in [4.69, 9.17) is 9.47 Å². The first-order valence-corrected chi connectivity index (χ1v) is 11.2. The van der Waals surface area contributed by atoms with E-state index in [-0.39, 0.29) is 5.91 Å². The highest BCUT2D eigenvalue weighted by Crippen LogP contribution is 2.49. The van der Waals surface area contributed by atoms with Crippen LogP contribution in [0.1, 0.15) is 48.2 Å². The fourth-order valence-electron chi connectivity index (χ4n) is 4.97. The van der Waals surface area contributed by atoms with Crippen LogP contribution in [-0.2, 0) is 18.2 Å². The molecule has 1 spiro atoms. The van der Waals surface area contributed by atoms with E-state index in [1.165, 1.54) is 0 Å². The zero-order chi connectivity index (χ0) is 23.4. The van der Waals surface area contributed by atoms with Crippen LogP contribution in [0, 0.1) is 0 Å². The molecule has 1 amide bonds. The molecule has 3 aromatic rings. The predicted octanol–water partition coefficient (Wildman–Crippen LogP) is 3.85. The van der Waals surface area contributed by atoms with Gasteiger partial charge in [-0.05, 0) is 43.7 Å². The predicted molar refractivity (Wildman–Crippen MR) is 124 cm³/mol. The highest BCUT2D eigenvalue weighted by molar-refractivity contribution is 5.97. The van der Waals surface area contributed by atoms with Gasteiger partial charge in [0.15, 0.2) is 0 Å². The second-order valence-corrected chi connectivity index (χ2v) is 9.39. The molecule has 1 fully saturated rings. The third-order valence-electron chi connectivity index (χ3n) is 6.87. The molecule has 0 saturated carbocycles. The number of hydrogen-bond acceptors (Lipinski definition) is 5. The van der Waals surface area contributed by atoms with Crippen LogP contribution in [0.2, 0.25) is 0 Å². The second-order valence-electron chi connectivity index (χ2n) is 9.39. The van der Waals surface area contributed by atoms with Crippen molar-refractivity contribution >= 4 is 5.91 Å². The number of benzene rings is 2. The smallest absolute Gasteiger partial charge is 0.257 e. The summed E-state index contributed by atoms with van der Waals surface area (Å²) in [7, 11) is 3.50. The molecule has 0 radical (unpaired) electrons. The van der Waals surface area contributed by atoms with Crippen molar-refractivity contribution in [3.8, 4) is 22.8 Å². The molecule has 2 aromatic carbocycles. The standard InChI is InChI=1S/C26H29N3O4/c1-25(2,31)17-9-10-19(22(15-17)32-4)24(30)29-13-11-26(12-14-29)20-16-27-28(3)23(20)18-7-5-6-8-21(18)33-26/h5-10,15-16,31H,11-14H2,1-4H3. The Morgan fingerprint density at radius 3 is 2.61 bits per heavy atom. The minimum atomic E-state index is -1.01. The maximum absolute atomic E-state index is 13.4. The minimum absolute atomic E-state index is 0.0772. The summed E-state index contributed by atoms with van der Waals surface area (Å²) in [4.78, 5) is 15.2. The lowest BCUT2D eigenvalue weighted by Crippen LogP contribution is -2.49. The molecule has 1 N–H and O–H groups in total. The van der Waals surface area contributed by atoms with Crippen LogP contribution >= 0.6 is 0 Å². The van der Waals surface area contributed by atoms with Crippen LogP contribution in [-0.4, -0.2) is 45.9 Å². The number of carbonyl (C=O) groups excluding carboxylic acids is 1. The van der Waals surface area contributed by atoms with Crippen LogP contribution in [0.15, 0.2) is 48.7 Å². The van der Waals surface area contributed by atoms with Gasteiger partial charge in [-0.1, -0.05) is 18.2 Å². The molecule has 0 unspecified atom stereocenters. The fraction of sp³-hybridized carbons (Fsp3) is 0.385. The quantitative estimate of drug-likeness (QED) is 0.660. The molecule has 0 atom stereocenters. The van der Waals surface area contributed by atoms with E-state index in [9.17, 15) is 9.90 Å². The van der Waals surface area contributed by atoms with Crippen molar-refractivity contribution in [3.63, 3.8) is 0 Å². The topological polar surface area (TPSA) is 76.8 Å². The van der Waals surface area contributed by atoms with Gasteiger partial charge in [0, 0.05) is 44.1 Å². The largest absolute Gasteiger partial charge is 0.496 e. The lowest BCUT2D eigenvalue weighted by atomic mass is 9.81. The number of para-hydroxylation sites is 1. The Morgan fingerprint density at radius 2 is 1.91 bits per heavy atom. The van der Waals surface area contributed by atoms with Gasteiger partial charge >= 0.3 is 0 Å². The number of aromatic nitrogens is 2. The summed E-state index contributed by atoms with van der Waals surface area (Å²) in [6.45, 7) is 4.54. The molecular weight excluding hydrogens is 418 g/mol. The van der Waals surface area contributed by atoms with Crippen molar-refractivity contribution in [1.82, 2.24) is 14.7 Å². The van der Waals surface area contributed by atoms with Gasteiger partial charge in [0.25, 0.3) is 5.91 Å². The number of nitrogens with zero attached hydrogens (tertiary/aromatic N) is 3. The SMILES string of the molecule is COc1cc(C(C)(C)O)ccc1C(=O)N1CCC2(CC1)Oc1ccccc1-c1c2cnn1C. The first-order chi connectivity index (χ1) is 15.7. The molecule has 3 heterocycles. The Balaban J connectivity index is 1.40. The number of aryl methyl sites for hydroxylation is 1. The van der Waals surface area contributed by atoms with E-state index in [1.807, 2.05) is 41.0 Å². The average molecular weight is 448 g/mol. The Kier molecular flexibility index (Phi) is 4.97. The van der Waals surface area contributed by atoms with E-state index in [0.717, 1.165) is 22.6 Å². The first kappa shape index (κ1) is 21.5. The molecule has 1 saturated heterocycles. The van der Waals surface area contributed by atoms with Crippen molar-refractivity contribution in [2.45, 2.75) is 37.9 Å². The van der Waals surface area contributed by atoms with Gasteiger partial charge in [-0.25, -0.2) is 0 Å². The van der Waals surface area contributed by atoms with E-state index in [1.54, 1.807) is 39.2 Å². The number of rotatable bonds is 3. The lowest BCUT2D eigenvalue weighted by Gasteiger charge is -2.44. The maximum Gasteiger partial charge on any atom is 0.257 e. The molecular formula is C26H29N3O4. The van der Waals surface area contributed by atoms with Crippen molar-refractivity contribution in [2.24, 2.45) is 7.05 Å². The molecule has 7 heteroatoms. The summed E-state index contributed by atoms with van der Waals surface area (Å²) in [6.07, 6.45) is 3.26. The second kappa shape index (κ2) is 7.63. The van der Waals surface area contributed by atoms with Gasteiger partial charge in [0.1, 0.15) is 17.1 Å². The van der Waals surface area contributed by atoms with Crippen molar-refractivity contribution in [3.05, 3.63) is 65.4 Å². The van der Waals surface area contributed by atoms with Gasteiger partial charge in [0.2, 0.25) is 0 Å². The van der Waals surface area contributed by atoms with Gasteiger partial charge < -0.3 is 19.5 Å². The van der Waals surface area contributed by atoms with Gasteiger partial charge in [-0.3, -0.25) is 9.48 Å². The van der Waals surface area contributed by atoms with Gasteiger partial charge in [0.05, 0.1) is 30.2 Å². The van der Waals surface area contributed by atoms with Crippen LogP contribution < -0.4 is 9.47 Å².